The Morgan fingerprint density at radius 3 is 1.17 bits per heavy atom. The molecule has 110 heavy (non-hydrogen) atoms. The maximum atomic E-state index is 12.6. The Morgan fingerprint density at radius 2 is 0.855 bits per heavy atom. The second kappa shape index (κ2) is 39.9. The molecule has 60 heteroatoms. The van der Waals surface area contributed by atoms with E-state index in [2.05, 4.69) is 68.8 Å². The molecule has 2 aliphatic rings. The minimum absolute atomic E-state index is 0.0183. The van der Waals surface area contributed by atoms with E-state index in [1.165, 1.54) is 41.5 Å². The van der Waals surface area contributed by atoms with E-state index >= 15 is 0 Å². The van der Waals surface area contributed by atoms with Gasteiger partial charge in [0.05, 0.1) is 39.1 Å². The molecular weight excluding hydrogens is 1650 g/mol. The molecule has 52 nitrogen and oxygen atoms in total. The molecule has 2 saturated heterocycles. The van der Waals surface area contributed by atoms with Crippen molar-refractivity contribution >= 4 is 150 Å². The number of aliphatic carboxylic acids is 2. The fourth-order valence-corrected chi connectivity index (χ4v) is 16.2. The number of amides is 4. The maximum Gasteiger partial charge on any atom is 0.481 e. The Labute approximate surface area is 628 Å². The Kier molecular flexibility index (Phi) is 34.3. The molecule has 0 bridgehead atoms. The standard InChI is InChI=1S/2C25H40N7O19P3S/c2*1-12(23(37)38)24(39)55-7-6-27-14(33)4-5-28-21(36)18(35)25(2,3)9-48-54(45,46)51-53(43,44)47-8-13-17(50-52(40,41)42)16(34)22(49-13)32-11-31-15-19(26)29-10-30-20(15)32/h2*10-13,16-18,22,34-35H,4-9H2,1-3H3,(H,27,33)(H,28,36)(H,37,38)(H,43,44)(H,45,46)(H2,26,29,30)(H2,40,41,42)/t12-,13+,16+,17+,18-,22+;12-,13-,16-,17-,18+,22-/m01/s1. The van der Waals surface area contributed by atoms with Crippen LogP contribution in [-0.4, -0.2) is 268 Å². The Balaban J connectivity index is 0.000000394. The number of nitrogens with two attached hydrogens (primary N) is 2. The summed E-state index contributed by atoms with van der Waals surface area (Å²) < 4.78 is 124. The summed E-state index contributed by atoms with van der Waals surface area (Å²) in [6, 6.07) is 0. The van der Waals surface area contributed by atoms with Gasteiger partial charge in [-0.2, -0.15) is 8.62 Å². The first kappa shape index (κ1) is 94.7. The van der Waals surface area contributed by atoms with Gasteiger partial charge >= 0.3 is 58.9 Å². The van der Waals surface area contributed by atoms with Crippen molar-refractivity contribution in [3.63, 3.8) is 0 Å². The fraction of sp³-hybridized carbons (Fsp3) is 0.640. The first-order valence-electron chi connectivity index (χ1n) is 31.2. The number of nitrogen functional groups attached to an aromatic ring is 2. The number of anilines is 2. The second-order valence-electron chi connectivity index (χ2n) is 24.6. The van der Waals surface area contributed by atoms with E-state index in [1.54, 1.807) is 0 Å². The molecule has 4 aromatic rings. The lowest BCUT2D eigenvalue weighted by Gasteiger charge is -2.30. The quantitative estimate of drug-likeness (QED) is 0.0118. The number of carbonyl (C=O) groups excluding carboxylic acids is 6. The van der Waals surface area contributed by atoms with Gasteiger partial charge in [-0.25, -0.2) is 57.3 Å². The third-order valence-electron chi connectivity index (χ3n) is 14.9. The van der Waals surface area contributed by atoms with Gasteiger partial charge in [0.2, 0.25) is 33.9 Å². The molecule has 22 N–H and O–H groups in total. The number of carbonyl (C=O) groups is 8. The van der Waals surface area contributed by atoms with Gasteiger partial charge in [-0.1, -0.05) is 51.2 Å². The minimum atomic E-state index is -5.59. The monoisotopic (exact) mass is 1730 g/mol. The molecule has 0 saturated carbocycles. The maximum absolute atomic E-state index is 12.6. The molecule has 4 aromatic heterocycles. The first-order valence-corrected chi connectivity index (χ1v) is 42.3. The number of aliphatic hydroxyl groups is 4. The van der Waals surface area contributed by atoms with Crippen molar-refractivity contribution in [2.24, 2.45) is 22.7 Å². The van der Waals surface area contributed by atoms with Crippen molar-refractivity contribution in [1.29, 1.82) is 0 Å². The average molecular weight is 1740 g/mol. The topological polar surface area (TPSA) is 802 Å². The highest BCUT2D eigenvalue weighted by Gasteiger charge is 2.53. The molecule has 0 spiro atoms. The van der Waals surface area contributed by atoms with Crippen LogP contribution in [0.25, 0.3) is 22.3 Å². The second-order valence-corrected chi connectivity index (χ2v) is 35.3. The predicted molar refractivity (Wildman–Crippen MR) is 368 cm³/mol. The summed E-state index contributed by atoms with van der Waals surface area (Å²) in [4.78, 5) is 196. The smallest absolute Gasteiger partial charge is 0.481 e. The summed E-state index contributed by atoms with van der Waals surface area (Å²) in [6.07, 6.45) is -14.3. The Bertz CT molecular complexity index is 3990. The van der Waals surface area contributed by atoms with Gasteiger partial charge < -0.3 is 112 Å². The number of hydrogen-bond acceptors (Lipinski definition) is 38. The van der Waals surface area contributed by atoms with Crippen LogP contribution in [0.15, 0.2) is 25.3 Å². The summed E-state index contributed by atoms with van der Waals surface area (Å²) in [5, 5.41) is 68.7. The molecule has 620 valence electrons. The summed E-state index contributed by atoms with van der Waals surface area (Å²) in [6.45, 7) is 2.70. The van der Waals surface area contributed by atoms with Crippen LogP contribution < -0.4 is 32.7 Å². The molecule has 0 aliphatic carbocycles. The number of imidazole rings is 2. The Morgan fingerprint density at radius 1 is 0.527 bits per heavy atom. The predicted octanol–water partition coefficient (Wildman–Crippen LogP) is -3.23. The van der Waals surface area contributed by atoms with Crippen molar-refractivity contribution in [3.05, 3.63) is 25.3 Å². The van der Waals surface area contributed by atoms with Gasteiger partial charge in [0.25, 0.3) is 0 Å². The molecule has 4 amide bonds. The Hall–Kier alpha value is -5.94. The molecule has 4 unspecified atom stereocenters. The highest BCUT2D eigenvalue weighted by atomic mass is 32.2. The highest BCUT2D eigenvalue weighted by molar-refractivity contribution is 8.14. The van der Waals surface area contributed by atoms with Crippen LogP contribution in [0.5, 0.6) is 0 Å². The molecule has 6 rings (SSSR count). The lowest BCUT2D eigenvalue weighted by Crippen LogP contribution is -2.46. The van der Waals surface area contributed by atoms with Crippen molar-refractivity contribution in [3.8, 4) is 0 Å². The van der Waals surface area contributed by atoms with E-state index < -0.39 is 203 Å². The van der Waals surface area contributed by atoms with Crippen LogP contribution in [0.2, 0.25) is 0 Å². The largest absolute Gasteiger partial charge is 0.481 e. The van der Waals surface area contributed by atoms with Gasteiger partial charge in [0.1, 0.15) is 84.4 Å². The number of thioether (sulfide) groups is 2. The lowest BCUT2D eigenvalue weighted by atomic mass is 9.87. The molecule has 0 aromatic carbocycles. The van der Waals surface area contributed by atoms with E-state index in [0.29, 0.717) is 0 Å². The van der Waals surface area contributed by atoms with Gasteiger partial charge in [0.15, 0.2) is 35.4 Å². The van der Waals surface area contributed by atoms with Crippen LogP contribution in [0, 0.1) is 22.7 Å². The third-order valence-corrected chi connectivity index (χ3v) is 23.2. The number of hydrogen-bond donors (Lipinski definition) is 20. The van der Waals surface area contributed by atoms with Crippen LogP contribution in [0.4, 0.5) is 11.6 Å². The molecule has 2 fully saturated rings. The third kappa shape index (κ3) is 28.9. The number of carboxylic acids is 2. The SMILES string of the molecule is C[C@@H](C(=O)O)C(=O)SCCNC(=O)CCNC(=O)[C@H](O)C(C)(C)COP(=O)(O)OP(=O)(O)OC[C@H]1O[C@@H](n2cnc3c(N)ncnc32)[C@H](O)[C@@H]1OP(=O)(O)O.C[C@H](C(=O)O)C(=O)SCCNC(=O)CCNC(=O)[C@H](O)C(C)(C)COP(=O)(O)OP(=O)(O)OC[C@H]1O[C@@H](n2cnc3c(N)ncnc32)[C@H](O)[C@@H]1OP(=O)(O)O. The number of carboxylic acid groups (broad SMARTS) is 2. The zero-order valence-corrected chi connectivity index (χ0v) is 65.0. The summed E-state index contributed by atoms with van der Waals surface area (Å²) in [5.41, 5.74) is 8.38. The van der Waals surface area contributed by atoms with Gasteiger partial charge in [-0.3, -0.25) is 74.6 Å². The lowest BCUT2D eigenvalue weighted by molar-refractivity contribution is -0.144. The molecule has 0 radical (unpaired) electrons. The van der Waals surface area contributed by atoms with Crippen LogP contribution >= 0.6 is 70.5 Å². The number of rotatable bonds is 42. The van der Waals surface area contributed by atoms with E-state index in [-0.39, 0.29) is 84.5 Å². The van der Waals surface area contributed by atoms with Crippen LogP contribution in [0.1, 0.15) is 66.8 Å². The van der Waals surface area contributed by atoms with Gasteiger partial charge in [-0.05, 0) is 13.8 Å². The van der Waals surface area contributed by atoms with Crippen molar-refractivity contribution in [1.82, 2.24) is 60.3 Å². The molecule has 16 atom stereocenters. The summed E-state index contributed by atoms with van der Waals surface area (Å²) in [5.74, 6) is -8.03. The zero-order chi connectivity index (χ0) is 83.0. The van der Waals surface area contributed by atoms with Gasteiger partial charge in [-0.15, -0.1) is 0 Å². The zero-order valence-electron chi connectivity index (χ0n) is 58.0. The molecule has 2 aliphatic heterocycles. The van der Waals surface area contributed by atoms with E-state index in [4.69, 9.17) is 49.2 Å². The number of nitrogens with one attached hydrogen (secondary N) is 4. The average Bonchev–Trinajstić information content (AvgIpc) is 1.63. The number of aromatic nitrogens is 8. The number of phosphoric acid groups is 6. The van der Waals surface area contributed by atoms with Crippen LogP contribution in [-0.2, 0) is 111 Å². The summed E-state index contributed by atoms with van der Waals surface area (Å²) in [7, 11) is -32.9. The van der Waals surface area contributed by atoms with E-state index in [9.17, 15) is 125 Å². The fourth-order valence-electron chi connectivity index (χ4n) is 9.02. The molecule has 6 heterocycles. The van der Waals surface area contributed by atoms with Crippen LogP contribution in [0.3, 0.4) is 0 Å². The van der Waals surface area contributed by atoms with Crippen molar-refractivity contribution in [2.45, 2.75) is 116 Å². The van der Waals surface area contributed by atoms with Crippen molar-refractivity contribution in [2.75, 3.05) is 75.6 Å². The molecular formula is C50H80N14O38P6S2. The number of ether oxygens (including phenoxy) is 2. The number of nitrogens with zero attached hydrogens (tertiary/aromatic N) is 8. The number of fused-ring (bicyclic) bond motifs is 2. The van der Waals surface area contributed by atoms with E-state index in [1.807, 2.05) is 0 Å². The van der Waals surface area contributed by atoms with Gasteiger partial charge in [0, 0.05) is 61.4 Å². The first-order chi connectivity index (χ1) is 50.7. The normalized spacial score (nSPS) is 22.3. The van der Waals surface area contributed by atoms with Crippen molar-refractivity contribution < 1.29 is 181 Å². The minimum Gasteiger partial charge on any atom is -0.481 e. The summed E-state index contributed by atoms with van der Waals surface area (Å²) >= 11 is 1.45. The number of aliphatic hydroxyl groups excluding tert-OH is 4. The number of phosphoric ester groups is 6. The van der Waals surface area contributed by atoms with E-state index in [0.717, 1.165) is 58.0 Å². The highest BCUT2D eigenvalue weighted by Crippen LogP contribution is 2.63.